The third-order valence-electron chi connectivity index (χ3n) is 2.71. The molecule has 0 spiro atoms. The van der Waals surface area contributed by atoms with Crippen LogP contribution in [0.2, 0.25) is 0 Å². The van der Waals surface area contributed by atoms with Crippen molar-refractivity contribution in [1.29, 1.82) is 0 Å². The Bertz CT molecular complexity index is 565. The van der Waals surface area contributed by atoms with E-state index in [4.69, 9.17) is 0 Å². The van der Waals surface area contributed by atoms with Crippen molar-refractivity contribution in [3.8, 4) is 0 Å². The van der Waals surface area contributed by atoms with Crippen LogP contribution in [-0.2, 0) is 4.79 Å². The Balaban J connectivity index is 3.12. The van der Waals surface area contributed by atoms with Gasteiger partial charge >= 0.3 is 5.82 Å². The summed E-state index contributed by atoms with van der Waals surface area (Å²) in [7, 11) is 0. The molecule has 7 nitrogen and oxygen atoms in total. The van der Waals surface area contributed by atoms with E-state index in [-0.39, 0.29) is 17.1 Å². The second kappa shape index (κ2) is 5.36. The fourth-order valence-electron chi connectivity index (χ4n) is 1.60. The number of carbonyl (C=O) groups excluding carboxylic acids is 2. The number of nitrogens with one attached hydrogen (secondary N) is 1. The molecule has 2 amide bonds. The van der Waals surface area contributed by atoms with Crippen LogP contribution in [0, 0.1) is 29.4 Å². The second-order valence-corrected chi connectivity index (χ2v) is 5.55. The van der Waals surface area contributed by atoms with E-state index >= 15 is 0 Å². The molecule has 1 N–H and O–H groups in total. The molecule has 0 fully saturated rings. The fourth-order valence-corrected chi connectivity index (χ4v) is 1.60. The van der Waals surface area contributed by atoms with Gasteiger partial charge in [0.05, 0.1) is 5.56 Å². The molecule has 0 saturated carbocycles. The Labute approximate surface area is 116 Å². The van der Waals surface area contributed by atoms with Crippen molar-refractivity contribution in [1.82, 2.24) is 10.3 Å². The SMILES string of the molecule is Cc1cc([N+](=O)[O-])nc(C)c1C(=O)NC(=O)C(C)(C)C. The van der Waals surface area contributed by atoms with Gasteiger partial charge in [0.25, 0.3) is 5.91 Å². The molecule has 20 heavy (non-hydrogen) atoms. The lowest BCUT2D eigenvalue weighted by molar-refractivity contribution is -0.389. The van der Waals surface area contributed by atoms with E-state index in [0.717, 1.165) is 0 Å². The number of aryl methyl sites for hydroxylation is 2. The van der Waals surface area contributed by atoms with Crippen LogP contribution < -0.4 is 5.32 Å². The molecule has 0 aliphatic rings. The topological polar surface area (TPSA) is 102 Å². The van der Waals surface area contributed by atoms with Gasteiger partial charge in [0.2, 0.25) is 5.91 Å². The number of aromatic nitrogens is 1. The minimum Gasteiger partial charge on any atom is -0.358 e. The molecule has 1 heterocycles. The number of carbonyl (C=O) groups is 2. The van der Waals surface area contributed by atoms with Gasteiger partial charge in [0, 0.05) is 18.4 Å². The van der Waals surface area contributed by atoms with Gasteiger partial charge < -0.3 is 10.1 Å². The Morgan fingerprint density at radius 2 is 1.85 bits per heavy atom. The molecule has 0 aromatic carbocycles. The molecule has 0 radical (unpaired) electrons. The van der Waals surface area contributed by atoms with E-state index < -0.39 is 22.2 Å². The third kappa shape index (κ3) is 3.37. The van der Waals surface area contributed by atoms with Gasteiger partial charge in [-0.25, -0.2) is 0 Å². The maximum atomic E-state index is 12.1. The molecule has 0 saturated heterocycles. The molecular formula is C13H17N3O4. The van der Waals surface area contributed by atoms with Crippen molar-refractivity contribution in [3.63, 3.8) is 0 Å². The van der Waals surface area contributed by atoms with Gasteiger partial charge in [0.15, 0.2) is 5.69 Å². The molecule has 0 unspecified atom stereocenters. The zero-order valence-corrected chi connectivity index (χ0v) is 12.1. The first-order valence-corrected chi connectivity index (χ1v) is 6.02. The summed E-state index contributed by atoms with van der Waals surface area (Å²) >= 11 is 0. The van der Waals surface area contributed by atoms with E-state index in [1.54, 1.807) is 27.7 Å². The highest BCUT2D eigenvalue weighted by Gasteiger charge is 2.27. The second-order valence-electron chi connectivity index (χ2n) is 5.55. The number of nitro groups is 1. The van der Waals surface area contributed by atoms with E-state index in [1.807, 2.05) is 0 Å². The lowest BCUT2D eigenvalue weighted by Crippen LogP contribution is -2.39. The van der Waals surface area contributed by atoms with Crippen LogP contribution in [0.15, 0.2) is 6.07 Å². The molecule has 7 heteroatoms. The summed E-state index contributed by atoms with van der Waals surface area (Å²) in [5, 5.41) is 13.0. The molecule has 1 aromatic rings. The first-order chi connectivity index (χ1) is 9.04. The average Bonchev–Trinajstić information content (AvgIpc) is 2.26. The molecule has 0 atom stereocenters. The van der Waals surface area contributed by atoms with Crippen molar-refractivity contribution in [2.75, 3.05) is 0 Å². The van der Waals surface area contributed by atoms with E-state index in [1.165, 1.54) is 13.0 Å². The fraction of sp³-hybridized carbons (Fsp3) is 0.462. The standard InChI is InChI=1S/C13H17N3O4/c1-7-6-9(16(19)20)14-8(2)10(7)11(17)15-12(18)13(3,4)5/h6H,1-5H3,(H,15,17,18). The van der Waals surface area contributed by atoms with Gasteiger partial charge in [-0.15, -0.1) is 0 Å². The number of nitrogens with zero attached hydrogens (tertiary/aromatic N) is 2. The van der Waals surface area contributed by atoms with Crippen LogP contribution in [-0.4, -0.2) is 21.7 Å². The third-order valence-corrected chi connectivity index (χ3v) is 2.71. The summed E-state index contributed by atoms with van der Waals surface area (Å²) in [6.07, 6.45) is 0. The van der Waals surface area contributed by atoms with Crippen LogP contribution in [0.1, 0.15) is 42.4 Å². The van der Waals surface area contributed by atoms with Gasteiger partial charge in [-0.05, 0) is 22.4 Å². The van der Waals surface area contributed by atoms with Gasteiger partial charge in [-0.2, -0.15) is 0 Å². The highest BCUT2D eigenvalue weighted by atomic mass is 16.6. The summed E-state index contributed by atoms with van der Waals surface area (Å²) in [6.45, 7) is 8.12. The van der Waals surface area contributed by atoms with E-state index in [2.05, 4.69) is 10.3 Å². The summed E-state index contributed by atoms with van der Waals surface area (Å²) in [6, 6.07) is 1.21. The molecule has 0 bridgehead atoms. The van der Waals surface area contributed by atoms with Gasteiger partial charge in [0.1, 0.15) is 0 Å². The van der Waals surface area contributed by atoms with Crippen molar-refractivity contribution in [3.05, 3.63) is 33.0 Å². The van der Waals surface area contributed by atoms with Crippen molar-refractivity contribution in [2.24, 2.45) is 5.41 Å². The maximum Gasteiger partial charge on any atom is 0.363 e. The Morgan fingerprint density at radius 3 is 2.25 bits per heavy atom. The molecule has 108 valence electrons. The molecule has 0 aliphatic heterocycles. The Hall–Kier alpha value is -2.31. The average molecular weight is 279 g/mol. The van der Waals surface area contributed by atoms with Crippen LogP contribution in [0.5, 0.6) is 0 Å². The summed E-state index contributed by atoms with van der Waals surface area (Å²) in [4.78, 5) is 37.7. The largest absolute Gasteiger partial charge is 0.363 e. The number of hydrogen-bond donors (Lipinski definition) is 1. The monoisotopic (exact) mass is 279 g/mol. The van der Waals surface area contributed by atoms with Crippen molar-refractivity contribution in [2.45, 2.75) is 34.6 Å². The van der Waals surface area contributed by atoms with Gasteiger partial charge in [-0.3, -0.25) is 14.9 Å². The minimum absolute atomic E-state index is 0.188. The van der Waals surface area contributed by atoms with Crippen molar-refractivity contribution < 1.29 is 14.5 Å². The Kier molecular flexibility index (Phi) is 4.22. The molecule has 1 aromatic heterocycles. The van der Waals surface area contributed by atoms with Gasteiger partial charge in [-0.1, -0.05) is 20.8 Å². The van der Waals surface area contributed by atoms with E-state index in [0.29, 0.717) is 5.56 Å². The quantitative estimate of drug-likeness (QED) is 0.658. The zero-order valence-electron chi connectivity index (χ0n) is 12.1. The summed E-state index contributed by atoms with van der Waals surface area (Å²) < 4.78 is 0. The smallest absolute Gasteiger partial charge is 0.358 e. The number of pyridine rings is 1. The van der Waals surface area contributed by atoms with Crippen LogP contribution in [0.3, 0.4) is 0 Å². The minimum atomic E-state index is -0.703. The number of rotatable bonds is 2. The lowest BCUT2D eigenvalue weighted by Gasteiger charge is -2.17. The predicted octanol–water partition coefficient (Wildman–Crippen LogP) is 1.91. The maximum absolute atomic E-state index is 12.1. The molecular weight excluding hydrogens is 262 g/mol. The normalized spacial score (nSPS) is 11.1. The Morgan fingerprint density at radius 1 is 1.30 bits per heavy atom. The predicted molar refractivity (Wildman–Crippen MR) is 72.3 cm³/mol. The number of hydrogen-bond acceptors (Lipinski definition) is 5. The van der Waals surface area contributed by atoms with Crippen molar-refractivity contribution >= 4 is 17.6 Å². The van der Waals surface area contributed by atoms with Crippen LogP contribution in [0.25, 0.3) is 0 Å². The first-order valence-electron chi connectivity index (χ1n) is 6.02. The van der Waals surface area contributed by atoms with E-state index in [9.17, 15) is 19.7 Å². The summed E-state index contributed by atoms with van der Waals surface area (Å²) in [5.41, 5.74) is 0.110. The highest BCUT2D eigenvalue weighted by Crippen LogP contribution is 2.19. The number of imide groups is 1. The highest BCUT2D eigenvalue weighted by molar-refractivity contribution is 6.07. The molecule has 0 aliphatic carbocycles. The molecule has 1 rings (SSSR count). The van der Waals surface area contributed by atoms with Crippen LogP contribution >= 0.6 is 0 Å². The zero-order chi connectivity index (χ0) is 15.7. The first kappa shape index (κ1) is 15.7. The van der Waals surface area contributed by atoms with Crippen LogP contribution in [0.4, 0.5) is 5.82 Å². The number of amides is 2. The lowest BCUT2D eigenvalue weighted by atomic mass is 9.95. The summed E-state index contributed by atoms with van der Waals surface area (Å²) in [5.74, 6) is -1.33.